The molecular formula is C22H23ClN4O2. The number of aromatic nitrogens is 2. The fourth-order valence-corrected chi connectivity index (χ4v) is 3.75. The number of carbonyl (C=O) groups is 1. The van der Waals surface area contributed by atoms with Crippen molar-refractivity contribution < 1.29 is 9.32 Å². The topological polar surface area (TPSA) is 71.3 Å². The summed E-state index contributed by atoms with van der Waals surface area (Å²) in [5.41, 5.74) is 2.02. The molecule has 1 aromatic heterocycles. The molecule has 0 spiro atoms. The Morgan fingerprint density at radius 1 is 1.10 bits per heavy atom. The summed E-state index contributed by atoms with van der Waals surface area (Å²) >= 11 is 6.25. The normalized spacial score (nSPS) is 15.3. The summed E-state index contributed by atoms with van der Waals surface area (Å²) in [5.74, 6) is 0.993. The van der Waals surface area contributed by atoms with E-state index < -0.39 is 0 Å². The monoisotopic (exact) mass is 410 g/mol. The molecule has 0 unspecified atom stereocenters. The highest BCUT2D eigenvalue weighted by Gasteiger charge is 2.25. The van der Waals surface area contributed by atoms with Crippen molar-refractivity contribution in [2.45, 2.75) is 25.9 Å². The molecule has 0 atom stereocenters. The first-order chi connectivity index (χ1) is 14.2. The number of likely N-dealkylation sites (tertiary alicyclic amines) is 1. The van der Waals surface area contributed by atoms with Gasteiger partial charge >= 0.3 is 0 Å². The highest BCUT2D eigenvalue weighted by Crippen LogP contribution is 2.22. The molecule has 3 aromatic rings. The molecule has 0 bridgehead atoms. The summed E-state index contributed by atoms with van der Waals surface area (Å²) in [4.78, 5) is 19.2. The molecule has 2 heterocycles. The largest absolute Gasteiger partial charge is 0.347 e. The van der Waals surface area contributed by atoms with Crippen LogP contribution in [0, 0.1) is 5.92 Å². The molecule has 2 aromatic carbocycles. The number of hydrogen-bond acceptors (Lipinski definition) is 5. The van der Waals surface area contributed by atoms with Crippen LogP contribution < -0.4 is 5.32 Å². The van der Waals surface area contributed by atoms with Gasteiger partial charge in [-0.3, -0.25) is 9.69 Å². The van der Waals surface area contributed by atoms with Gasteiger partial charge in [0.1, 0.15) is 0 Å². The van der Waals surface area contributed by atoms with E-state index in [1.165, 1.54) is 0 Å². The highest BCUT2D eigenvalue weighted by atomic mass is 35.5. The number of halogens is 1. The van der Waals surface area contributed by atoms with Gasteiger partial charge < -0.3 is 9.84 Å². The minimum atomic E-state index is 0.00834. The maximum absolute atomic E-state index is 12.5. The number of benzene rings is 2. The maximum atomic E-state index is 12.5. The first-order valence-electron chi connectivity index (χ1n) is 9.80. The minimum Gasteiger partial charge on any atom is -0.347 e. The van der Waals surface area contributed by atoms with Crippen molar-refractivity contribution in [1.82, 2.24) is 20.4 Å². The van der Waals surface area contributed by atoms with Crippen LogP contribution >= 0.6 is 11.6 Å². The zero-order chi connectivity index (χ0) is 20.1. The summed E-state index contributed by atoms with van der Waals surface area (Å²) in [5, 5.41) is 7.70. The Labute approximate surface area is 174 Å². The van der Waals surface area contributed by atoms with Gasteiger partial charge in [-0.05, 0) is 37.6 Å². The van der Waals surface area contributed by atoms with Crippen LogP contribution in [0.5, 0.6) is 0 Å². The molecule has 1 N–H and O–H groups in total. The van der Waals surface area contributed by atoms with Gasteiger partial charge in [0.15, 0.2) is 0 Å². The third-order valence-corrected chi connectivity index (χ3v) is 5.59. The summed E-state index contributed by atoms with van der Waals surface area (Å²) in [6.07, 6.45) is 1.66. The van der Waals surface area contributed by atoms with E-state index in [-0.39, 0.29) is 18.4 Å². The minimum absolute atomic E-state index is 0.00834. The number of hydrogen-bond donors (Lipinski definition) is 1. The van der Waals surface area contributed by atoms with Gasteiger partial charge in [-0.2, -0.15) is 4.98 Å². The molecule has 1 fully saturated rings. The maximum Gasteiger partial charge on any atom is 0.246 e. The number of nitrogens with one attached hydrogen (secondary N) is 1. The van der Waals surface area contributed by atoms with Crippen LogP contribution in [0.15, 0.2) is 59.1 Å². The molecule has 0 radical (unpaired) electrons. The SMILES string of the molecule is O=C(NCc1nc(-c2ccccc2)no1)C1CCN(Cc2ccccc2Cl)CC1. The van der Waals surface area contributed by atoms with Crippen molar-refractivity contribution in [3.8, 4) is 11.4 Å². The van der Waals surface area contributed by atoms with Gasteiger partial charge in [-0.25, -0.2) is 0 Å². The van der Waals surface area contributed by atoms with Crippen molar-refractivity contribution in [3.05, 3.63) is 71.1 Å². The first kappa shape index (κ1) is 19.6. The molecule has 1 aliphatic rings. The standard InChI is InChI=1S/C22H23ClN4O2/c23-19-9-5-4-8-18(19)15-27-12-10-17(11-13-27)22(28)24-14-20-25-21(26-29-20)16-6-2-1-3-7-16/h1-9,17H,10-15H2,(H,24,28). The Morgan fingerprint density at radius 2 is 1.83 bits per heavy atom. The average Bonchev–Trinajstić information content (AvgIpc) is 3.24. The molecule has 0 aliphatic carbocycles. The van der Waals surface area contributed by atoms with Gasteiger partial charge in [-0.1, -0.05) is 65.3 Å². The molecule has 6 nitrogen and oxygen atoms in total. The average molecular weight is 411 g/mol. The van der Waals surface area contributed by atoms with Crippen molar-refractivity contribution >= 4 is 17.5 Å². The van der Waals surface area contributed by atoms with Gasteiger partial charge in [0.05, 0.1) is 6.54 Å². The van der Waals surface area contributed by atoms with Gasteiger partial charge in [-0.15, -0.1) is 0 Å². The van der Waals surface area contributed by atoms with Crippen LogP contribution in [-0.4, -0.2) is 34.0 Å². The van der Waals surface area contributed by atoms with Crippen molar-refractivity contribution in [1.29, 1.82) is 0 Å². The second-order valence-corrected chi connectivity index (χ2v) is 7.64. The van der Waals surface area contributed by atoms with E-state index in [0.717, 1.165) is 48.6 Å². The third-order valence-electron chi connectivity index (χ3n) is 5.22. The van der Waals surface area contributed by atoms with Gasteiger partial charge in [0.25, 0.3) is 0 Å². The Balaban J connectivity index is 1.24. The molecule has 4 rings (SSSR count). The molecule has 7 heteroatoms. The fourth-order valence-electron chi connectivity index (χ4n) is 3.56. The van der Waals surface area contributed by atoms with Crippen LogP contribution in [0.3, 0.4) is 0 Å². The number of rotatable bonds is 6. The lowest BCUT2D eigenvalue weighted by Crippen LogP contribution is -2.40. The zero-order valence-electron chi connectivity index (χ0n) is 16.1. The van der Waals surface area contributed by atoms with Gasteiger partial charge in [0, 0.05) is 23.0 Å². The predicted molar refractivity (Wildman–Crippen MR) is 111 cm³/mol. The fraction of sp³-hybridized carbons (Fsp3) is 0.318. The predicted octanol–water partition coefficient (Wildman–Crippen LogP) is 3.92. The summed E-state index contributed by atoms with van der Waals surface area (Å²) in [7, 11) is 0. The van der Waals surface area contributed by atoms with E-state index in [1.54, 1.807) is 0 Å². The van der Waals surface area contributed by atoms with Crippen LogP contribution in [0.25, 0.3) is 11.4 Å². The number of nitrogens with zero attached hydrogens (tertiary/aromatic N) is 3. The van der Waals surface area contributed by atoms with E-state index >= 15 is 0 Å². The van der Waals surface area contributed by atoms with Crippen LogP contribution in [0.4, 0.5) is 0 Å². The molecule has 1 saturated heterocycles. The third kappa shape index (κ3) is 5.02. The zero-order valence-corrected chi connectivity index (χ0v) is 16.8. The summed E-state index contributed by atoms with van der Waals surface area (Å²) < 4.78 is 5.25. The molecule has 29 heavy (non-hydrogen) atoms. The van der Waals surface area contributed by atoms with Crippen molar-refractivity contribution in [3.63, 3.8) is 0 Å². The van der Waals surface area contributed by atoms with Crippen molar-refractivity contribution in [2.24, 2.45) is 5.92 Å². The Hall–Kier alpha value is -2.70. The molecular weight excluding hydrogens is 388 g/mol. The molecule has 150 valence electrons. The summed E-state index contributed by atoms with van der Waals surface area (Å²) in [6, 6.07) is 17.5. The molecule has 0 saturated carbocycles. The Morgan fingerprint density at radius 3 is 2.59 bits per heavy atom. The Kier molecular flexibility index (Phi) is 6.22. The first-order valence-corrected chi connectivity index (χ1v) is 10.2. The van der Waals surface area contributed by atoms with Crippen molar-refractivity contribution in [2.75, 3.05) is 13.1 Å². The van der Waals surface area contributed by atoms with E-state index in [4.69, 9.17) is 16.1 Å². The quantitative estimate of drug-likeness (QED) is 0.666. The molecule has 1 amide bonds. The lowest BCUT2D eigenvalue weighted by molar-refractivity contribution is -0.126. The van der Waals surface area contributed by atoms with E-state index in [2.05, 4.69) is 26.4 Å². The van der Waals surface area contributed by atoms with Crippen LogP contribution in [-0.2, 0) is 17.9 Å². The smallest absolute Gasteiger partial charge is 0.246 e. The lowest BCUT2D eigenvalue weighted by atomic mass is 9.95. The van der Waals surface area contributed by atoms with Crippen LogP contribution in [0.1, 0.15) is 24.3 Å². The van der Waals surface area contributed by atoms with E-state index in [0.29, 0.717) is 11.7 Å². The number of piperidine rings is 1. The lowest BCUT2D eigenvalue weighted by Gasteiger charge is -2.31. The second-order valence-electron chi connectivity index (χ2n) is 7.24. The van der Waals surface area contributed by atoms with Gasteiger partial charge in [0.2, 0.25) is 17.6 Å². The highest BCUT2D eigenvalue weighted by molar-refractivity contribution is 6.31. The Bertz CT molecular complexity index is 952. The van der Waals surface area contributed by atoms with E-state index in [9.17, 15) is 4.79 Å². The van der Waals surface area contributed by atoms with Crippen LogP contribution in [0.2, 0.25) is 5.02 Å². The van der Waals surface area contributed by atoms with E-state index in [1.807, 2.05) is 48.5 Å². The second kappa shape index (κ2) is 9.20. The number of carbonyl (C=O) groups excluding carboxylic acids is 1. The number of amides is 1. The molecule has 1 aliphatic heterocycles. The summed E-state index contributed by atoms with van der Waals surface area (Å²) in [6.45, 7) is 2.82.